The average molecular weight is 379 g/mol. The number of rotatable bonds is 4. The fraction of sp³-hybridized carbons (Fsp3) is 0. The molecule has 0 unspecified atom stereocenters. The number of benzene rings is 3. The van der Waals surface area contributed by atoms with Gasteiger partial charge in [-0.25, -0.2) is 16.8 Å². The fourth-order valence-electron chi connectivity index (χ4n) is 2.99. The molecule has 0 aliphatic heterocycles. The lowest BCUT2D eigenvalue weighted by Gasteiger charge is -2.11. The minimum atomic E-state index is -3.99. The molecule has 0 bridgehead atoms. The van der Waals surface area contributed by atoms with Crippen LogP contribution in [0.5, 0.6) is 0 Å². The zero-order valence-electron chi connectivity index (χ0n) is 14.0. The van der Waals surface area contributed by atoms with Gasteiger partial charge in [-0.3, -0.25) is 4.79 Å². The largest absolute Gasteiger partial charge is 0.287 e. The van der Waals surface area contributed by atoms with Gasteiger partial charge in [-0.1, -0.05) is 36.4 Å². The summed E-state index contributed by atoms with van der Waals surface area (Å²) >= 11 is 0. The lowest BCUT2D eigenvalue weighted by Crippen LogP contribution is -2.19. The lowest BCUT2D eigenvalue weighted by atomic mass is 10.1. The van der Waals surface area contributed by atoms with E-state index in [1.807, 2.05) is 0 Å². The van der Waals surface area contributed by atoms with Crippen molar-refractivity contribution in [2.45, 2.75) is 4.90 Å². The van der Waals surface area contributed by atoms with Crippen LogP contribution in [0.2, 0.25) is 0 Å². The number of nitrogens with zero attached hydrogens (tertiary/aromatic N) is 1. The van der Waals surface area contributed by atoms with Crippen molar-refractivity contribution in [1.29, 1.82) is 0 Å². The maximum atomic E-state index is 13.3. The summed E-state index contributed by atoms with van der Waals surface area (Å²) in [6.07, 6.45) is 0. The maximum Gasteiger partial charge on any atom is 0.268 e. The molecule has 3 aromatic carbocycles. The SMILES string of the molecule is O=C(c1ccc(F)cc1)c1cc2ccccc2n1S(=O)(=O)c1ccccc1. The predicted molar refractivity (Wildman–Crippen MR) is 101 cm³/mol. The molecule has 0 saturated heterocycles. The van der Waals surface area contributed by atoms with E-state index in [1.54, 1.807) is 48.5 Å². The molecule has 0 amide bonds. The predicted octanol–water partition coefficient (Wildman–Crippen LogP) is 4.25. The van der Waals surface area contributed by atoms with Crippen molar-refractivity contribution >= 4 is 26.7 Å². The second-order valence-corrected chi connectivity index (χ2v) is 7.79. The normalized spacial score (nSPS) is 11.6. The average Bonchev–Trinajstić information content (AvgIpc) is 3.09. The van der Waals surface area contributed by atoms with Crippen LogP contribution in [0.3, 0.4) is 0 Å². The van der Waals surface area contributed by atoms with Crippen LogP contribution in [0, 0.1) is 5.82 Å². The Labute approximate surface area is 155 Å². The van der Waals surface area contributed by atoms with Gasteiger partial charge in [0, 0.05) is 10.9 Å². The van der Waals surface area contributed by atoms with E-state index in [1.165, 1.54) is 36.4 Å². The van der Waals surface area contributed by atoms with Crippen molar-refractivity contribution in [2.75, 3.05) is 0 Å². The minimum Gasteiger partial charge on any atom is -0.287 e. The van der Waals surface area contributed by atoms with E-state index >= 15 is 0 Å². The first-order chi connectivity index (χ1) is 13.0. The van der Waals surface area contributed by atoms with Crippen LogP contribution in [0.4, 0.5) is 4.39 Å². The maximum absolute atomic E-state index is 13.3. The van der Waals surface area contributed by atoms with Crippen LogP contribution in [-0.2, 0) is 10.0 Å². The van der Waals surface area contributed by atoms with E-state index in [9.17, 15) is 17.6 Å². The molecule has 0 aliphatic rings. The number of hydrogen-bond acceptors (Lipinski definition) is 3. The Hall–Kier alpha value is -3.25. The van der Waals surface area contributed by atoms with Crippen LogP contribution < -0.4 is 0 Å². The van der Waals surface area contributed by atoms with Crippen LogP contribution in [0.15, 0.2) is 89.8 Å². The van der Waals surface area contributed by atoms with Gasteiger partial charge in [0.2, 0.25) is 5.78 Å². The Morgan fingerprint density at radius 2 is 1.44 bits per heavy atom. The summed E-state index contributed by atoms with van der Waals surface area (Å²) in [6.45, 7) is 0. The summed E-state index contributed by atoms with van der Waals surface area (Å²) in [4.78, 5) is 13.1. The zero-order valence-corrected chi connectivity index (χ0v) is 14.9. The highest BCUT2D eigenvalue weighted by atomic mass is 32.2. The van der Waals surface area contributed by atoms with Crippen molar-refractivity contribution in [3.63, 3.8) is 0 Å². The van der Waals surface area contributed by atoms with Crippen molar-refractivity contribution in [1.82, 2.24) is 3.97 Å². The van der Waals surface area contributed by atoms with Gasteiger partial charge in [-0.15, -0.1) is 0 Å². The van der Waals surface area contributed by atoms with Gasteiger partial charge in [0.05, 0.1) is 10.4 Å². The molecule has 0 N–H and O–H groups in total. The number of hydrogen-bond donors (Lipinski definition) is 0. The standard InChI is InChI=1S/C21H14FNO3S/c22-17-12-10-15(11-13-17)21(24)20-14-16-6-4-5-9-19(16)23(20)27(25,26)18-7-2-1-3-8-18/h1-14H. The van der Waals surface area contributed by atoms with E-state index in [-0.39, 0.29) is 16.2 Å². The molecular weight excluding hydrogens is 365 g/mol. The molecule has 1 aromatic heterocycles. The topological polar surface area (TPSA) is 56.1 Å². The van der Waals surface area contributed by atoms with Gasteiger partial charge in [-0.2, -0.15) is 0 Å². The fourth-order valence-corrected chi connectivity index (χ4v) is 4.53. The van der Waals surface area contributed by atoms with E-state index in [2.05, 4.69) is 0 Å². The zero-order chi connectivity index (χ0) is 19.0. The highest BCUT2D eigenvalue weighted by Crippen LogP contribution is 2.27. The van der Waals surface area contributed by atoms with E-state index in [0.29, 0.717) is 10.9 Å². The van der Waals surface area contributed by atoms with Crippen LogP contribution in [0.25, 0.3) is 10.9 Å². The Morgan fingerprint density at radius 3 is 2.15 bits per heavy atom. The molecule has 6 heteroatoms. The summed E-state index contributed by atoms with van der Waals surface area (Å²) in [7, 11) is -3.99. The smallest absolute Gasteiger partial charge is 0.268 e. The second kappa shape index (κ2) is 6.48. The Bertz CT molecular complexity index is 1240. The molecular formula is C21H14FNO3S. The summed E-state index contributed by atoms with van der Waals surface area (Å²) < 4.78 is 40.8. The van der Waals surface area contributed by atoms with Crippen molar-refractivity contribution in [3.05, 3.63) is 102 Å². The molecule has 0 atom stereocenters. The summed E-state index contributed by atoms with van der Waals surface area (Å²) in [5.74, 6) is -0.963. The van der Waals surface area contributed by atoms with E-state index in [0.717, 1.165) is 3.97 Å². The molecule has 0 aliphatic carbocycles. The molecule has 1 heterocycles. The highest BCUT2D eigenvalue weighted by Gasteiger charge is 2.26. The number of aromatic nitrogens is 1. The minimum absolute atomic E-state index is 0.00617. The van der Waals surface area contributed by atoms with Crippen molar-refractivity contribution in [3.8, 4) is 0 Å². The van der Waals surface area contributed by atoms with Gasteiger partial charge < -0.3 is 0 Å². The molecule has 0 fully saturated rings. The van der Waals surface area contributed by atoms with Crippen LogP contribution >= 0.6 is 0 Å². The first-order valence-corrected chi connectivity index (χ1v) is 9.64. The number of carbonyl (C=O) groups is 1. The second-order valence-electron chi connectivity index (χ2n) is 6.01. The molecule has 0 radical (unpaired) electrons. The quantitative estimate of drug-likeness (QED) is 0.498. The Kier molecular flexibility index (Phi) is 4.12. The highest BCUT2D eigenvalue weighted by molar-refractivity contribution is 7.90. The van der Waals surface area contributed by atoms with E-state index in [4.69, 9.17) is 0 Å². The van der Waals surface area contributed by atoms with Crippen LogP contribution in [-0.4, -0.2) is 18.2 Å². The number of fused-ring (bicyclic) bond motifs is 1. The summed E-state index contributed by atoms with van der Waals surface area (Å²) in [5.41, 5.74) is 0.627. The molecule has 4 nitrogen and oxygen atoms in total. The van der Waals surface area contributed by atoms with Gasteiger partial charge in [0.25, 0.3) is 10.0 Å². The number of para-hydroxylation sites is 1. The van der Waals surface area contributed by atoms with Crippen molar-refractivity contribution < 1.29 is 17.6 Å². The molecule has 4 aromatic rings. The van der Waals surface area contributed by atoms with Gasteiger partial charge in [0.1, 0.15) is 11.5 Å². The number of carbonyl (C=O) groups excluding carboxylic acids is 1. The molecule has 134 valence electrons. The monoisotopic (exact) mass is 379 g/mol. The third kappa shape index (κ3) is 2.94. The first-order valence-electron chi connectivity index (χ1n) is 8.20. The summed E-state index contributed by atoms with van der Waals surface area (Å²) in [5, 5.41) is 0.627. The van der Waals surface area contributed by atoms with Crippen molar-refractivity contribution in [2.24, 2.45) is 0 Å². The van der Waals surface area contributed by atoms with Crippen LogP contribution in [0.1, 0.15) is 16.1 Å². The third-order valence-corrected chi connectivity index (χ3v) is 6.03. The number of halogens is 1. The van der Waals surface area contributed by atoms with E-state index < -0.39 is 21.6 Å². The van der Waals surface area contributed by atoms with Gasteiger partial charge >= 0.3 is 0 Å². The van der Waals surface area contributed by atoms with Gasteiger partial charge in [-0.05, 0) is 48.5 Å². The Balaban J connectivity index is 1.98. The first kappa shape index (κ1) is 17.2. The van der Waals surface area contributed by atoms with Gasteiger partial charge in [0.15, 0.2) is 0 Å². The summed E-state index contributed by atoms with van der Waals surface area (Å²) in [6, 6.07) is 21.4. The molecule has 0 saturated carbocycles. The third-order valence-electron chi connectivity index (χ3n) is 4.29. The molecule has 0 spiro atoms. The Morgan fingerprint density at radius 1 is 0.815 bits per heavy atom. The molecule has 4 rings (SSSR count). The molecule has 27 heavy (non-hydrogen) atoms. The lowest BCUT2D eigenvalue weighted by molar-refractivity contribution is 0.103. The number of ketones is 1.